The maximum atomic E-state index is 13.8. The van der Waals surface area contributed by atoms with Crippen LogP contribution in [0.3, 0.4) is 0 Å². The molecule has 0 spiro atoms. The van der Waals surface area contributed by atoms with Crippen molar-refractivity contribution in [1.82, 2.24) is 0 Å². The van der Waals surface area contributed by atoms with Crippen molar-refractivity contribution in [3.8, 4) is 0 Å². The summed E-state index contributed by atoms with van der Waals surface area (Å²) >= 11 is 0. The highest BCUT2D eigenvalue weighted by Gasteiger charge is 2.11. The van der Waals surface area contributed by atoms with Crippen LogP contribution in [0, 0.1) is 11.6 Å². The van der Waals surface area contributed by atoms with Crippen LogP contribution in [-0.4, -0.2) is 0 Å². The molecule has 0 fully saturated rings. The number of hydrogen-bond acceptors (Lipinski definition) is 0. The first kappa shape index (κ1) is 16.9. The number of fused-ring (bicyclic) bond motifs is 1. The van der Waals surface area contributed by atoms with Crippen molar-refractivity contribution in [3.05, 3.63) is 47.5 Å². The second-order valence-corrected chi connectivity index (χ2v) is 6.10. The van der Waals surface area contributed by atoms with E-state index in [9.17, 15) is 8.78 Å². The van der Waals surface area contributed by atoms with E-state index in [-0.39, 0.29) is 0 Å². The minimum atomic E-state index is -0.728. The molecule has 0 bridgehead atoms. The summed E-state index contributed by atoms with van der Waals surface area (Å²) in [5.74, 6) is -1.46. The van der Waals surface area contributed by atoms with Crippen LogP contribution in [0.15, 0.2) is 30.3 Å². The number of aryl methyl sites for hydroxylation is 1. The van der Waals surface area contributed by atoms with Gasteiger partial charge in [-0.25, -0.2) is 8.78 Å². The van der Waals surface area contributed by atoms with Gasteiger partial charge in [-0.15, -0.1) is 0 Å². The van der Waals surface area contributed by atoms with Crippen LogP contribution in [0.1, 0.15) is 63.9 Å². The van der Waals surface area contributed by atoms with E-state index in [1.54, 1.807) is 12.1 Å². The third-order valence-corrected chi connectivity index (χ3v) is 4.32. The number of hydrogen-bond donors (Lipinski definition) is 0. The summed E-state index contributed by atoms with van der Waals surface area (Å²) in [4.78, 5) is 0. The van der Waals surface area contributed by atoms with E-state index in [0.29, 0.717) is 5.39 Å². The van der Waals surface area contributed by atoms with Gasteiger partial charge in [0.05, 0.1) is 0 Å². The van der Waals surface area contributed by atoms with Gasteiger partial charge >= 0.3 is 0 Å². The lowest BCUT2D eigenvalue weighted by Gasteiger charge is -2.08. The van der Waals surface area contributed by atoms with Crippen molar-refractivity contribution >= 4 is 10.8 Å². The van der Waals surface area contributed by atoms with Crippen LogP contribution in [0.5, 0.6) is 0 Å². The number of rotatable bonds is 9. The molecule has 0 heterocycles. The Morgan fingerprint density at radius 2 is 1.36 bits per heavy atom. The minimum Gasteiger partial charge on any atom is -0.204 e. The third kappa shape index (κ3) is 4.53. The lowest BCUT2D eigenvalue weighted by molar-refractivity contribution is 0.515. The quantitative estimate of drug-likeness (QED) is 0.447. The van der Waals surface area contributed by atoms with Gasteiger partial charge in [-0.05, 0) is 29.9 Å². The number of halogens is 2. The van der Waals surface area contributed by atoms with Crippen LogP contribution in [0.25, 0.3) is 10.8 Å². The molecule has 0 radical (unpaired) electrons. The molecule has 0 amide bonds. The van der Waals surface area contributed by atoms with Gasteiger partial charge in [0.25, 0.3) is 0 Å². The SMILES string of the molecule is CCCCCCCCCCc1cc(F)c(F)c2ccccc12. The van der Waals surface area contributed by atoms with Gasteiger partial charge in [0.1, 0.15) is 0 Å². The van der Waals surface area contributed by atoms with Crippen LogP contribution in [0.4, 0.5) is 8.78 Å². The first-order valence-electron chi connectivity index (χ1n) is 8.59. The predicted octanol–water partition coefficient (Wildman–Crippen LogP) is 6.80. The first-order chi connectivity index (χ1) is 10.7. The van der Waals surface area contributed by atoms with Crippen LogP contribution < -0.4 is 0 Å². The molecule has 0 saturated heterocycles. The van der Waals surface area contributed by atoms with Gasteiger partial charge in [-0.2, -0.15) is 0 Å². The summed E-state index contributed by atoms with van der Waals surface area (Å²) < 4.78 is 27.5. The summed E-state index contributed by atoms with van der Waals surface area (Å²) in [6, 6.07) is 8.56. The van der Waals surface area contributed by atoms with E-state index < -0.39 is 11.6 Å². The van der Waals surface area contributed by atoms with Crippen molar-refractivity contribution in [3.63, 3.8) is 0 Å². The van der Waals surface area contributed by atoms with Crippen molar-refractivity contribution in [2.24, 2.45) is 0 Å². The monoisotopic (exact) mass is 304 g/mol. The van der Waals surface area contributed by atoms with Gasteiger partial charge in [-0.3, -0.25) is 0 Å². The fourth-order valence-corrected chi connectivity index (χ4v) is 3.03. The second-order valence-electron chi connectivity index (χ2n) is 6.10. The van der Waals surface area contributed by atoms with Gasteiger partial charge in [0, 0.05) is 5.39 Å². The lowest BCUT2D eigenvalue weighted by Crippen LogP contribution is -1.94. The molecule has 0 saturated carbocycles. The number of unbranched alkanes of at least 4 members (excludes halogenated alkanes) is 7. The summed E-state index contributed by atoms with van der Waals surface area (Å²) in [5, 5.41) is 1.25. The molecule has 2 aromatic rings. The summed E-state index contributed by atoms with van der Waals surface area (Å²) in [6.07, 6.45) is 10.8. The largest absolute Gasteiger partial charge is 0.204 e. The predicted molar refractivity (Wildman–Crippen MR) is 90.2 cm³/mol. The van der Waals surface area contributed by atoms with Gasteiger partial charge in [-0.1, -0.05) is 76.1 Å². The van der Waals surface area contributed by atoms with E-state index in [1.807, 2.05) is 12.1 Å². The van der Waals surface area contributed by atoms with E-state index in [4.69, 9.17) is 0 Å². The molecule has 2 rings (SSSR count). The van der Waals surface area contributed by atoms with Crippen LogP contribution in [0.2, 0.25) is 0 Å². The highest BCUT2D eigenvalue weighted by atomic mass is 19.2. The first-order valence-corrected chi connectivity index (χ1v) is 8.59. The van der Waals surface area contributed by atoms with E-state index in [1.165, 1.54) is 51.0 Å². The highest BCUT2D eigenvalue weighted by Crippen LogP contribution is 2.25. The average molecular weight is 304 g/mol. The minimum absolute atomic E-state index is 0.400. The molecule has 0 nitrogen and oxygen atoms in total. The smallest absolute Gasteiger partial charge is 0.166 e. The topological polar surface area (TPSA) is 0 Å². The number of benzene rings is 2. The van der Waals surface area contributed by atoms with Crippen molar-refractivity contribution in [1.29, 1.82) is 0 Å². The fourth-order valence-electron chi connectivity index (χ4n) is 3.03. The molecular formula is C20H26F2. The molecule has 0 aliphatic heterocycles. The lowest BCUT2D eigenvalue weighted by atomic mass is 9.98. The molecule has 22 heavy (non-hydrogen) atoms. The Hall–Kier alpha value is -1.44. The Kier molecular flexibility index (Phi) is 6.82. The second kappa shape index (κ2) is 8.87. The fraction of sp³-hybridized carbons (Fsp3) is 0.500. The molecule has 120 valence electrons. The Labute approximate surface area is 132 Å². The standard InChI is InChI=1S/C20H26F2/c1-2-3-4-5-6-7-8-9-12-16-15-19(21)20(22)18-14-11-10-13-17(16)18/h10-11,13-15H,2-9,12H2,1H3. The highest BCUT2D eigenvalue weighted by molar-refractivity contribution is 5.86. The molecular weight excluding hydrogens is 278 g/mol. The molecule has 0 atom stereocenters. The Morgan fingerprint density at radius 1 is 0.773 bits per heavy atom. The zero-order chi connectivity index (χ0) is 15.8. The van der Waals surface area contributed by atoms with Gasteiger partial charge in [0.15, 0.2) is 11.6 Å². The zero-order valence-corrected chi connectivity index (χ0v) is 13.5. The zero-order valence-electron chi connectivity index (χ0n) is 13.5. The summed E-state index contributed by atoms with van der Waals surface area (Å²) in [5.41, 5.74) is 0.931. The molecule has 0 aliphatic carbocycles. The molecule has 0 aliphatic rings. The van der Waals surface area contributed by atoms with Crippen molar-refractivity contribution in [2.75, 3.05) is 0 Å². The van der Waals surface area contributed by atoms with Crippen LogP contribution >= 0.6 is 0 Å². The normalized spacial score (nSPS) is 11.2. The third-order valence-electron chi connectivity index (χ3n) is 4.32. The van der Waals surface area contributed by atoms with E-state index in [0.717, 1.165) is 23.8 Å². The molecule has 0 N–H and O–H groups in total. The Bertz CT molecular complexity index is 590. The molecule has 2 heteroatoms. The van der Waals surface area contributed by atoms with Crippen molar-refractivity contribution in [2.45, 2.75) is 64.7 Å². The maximum Gasteiger partial charge on any atom is 0.166 e. The van der Waals surface area contributed by atoms with Crippen LogP contribution in [-0.2, 0) is 6.42 Å². The molecule has 0 aromatic heterocycles. The van der Waals surface area contributed by atoms with E-state index in [2.05, 4.69) is 6.92 Å². The molecule has 2 aromatic carbocycles. The maximum absolute atomic E-state index is 13.8. The summed E-state index contributed by atoms with van der Waals surface area (Å²) in [7, 11) is 0. The average Bonchev–Trinajstić information content (AvgIpc) is 2.54. The van der Waals surface area contributed by atoms with Gasteiger partial charge < -0.3 is 0 Å². The summed E-state index contributed by atoms with van der Waals surface area (Å²) in [6.45, 7) is 2.23. The Morgan fingerprint density at radius 3 is 2.05 bits per heavy atom. The van der Waals surface area contributed by atoms with E-state index >= 15 is 0 Å². The van der Waals surface area contributed by atoms with Crippen molar-refractivity contribution < 1.29 is 8.78 Å². The Balaban J connectivity index is 1.86. The van der Waals surface area contributed by atoms with Gasteiger partial charge in [0.2, 0.25) is 0 Å². The molecule has 0 unspecified atom stereocenters.